The molecule has 3 aromatic rings. The van der Waals surface area contributed by atoms with E-state index in [4.69, 9.17) is 9.72 Å². The normalized spacial score (nSPS) is 17.3. The zero-order valence-electron chi connectivity index (χ0n) is 14.6. The first-order valence-corrected chi connectivity index (χ1v) is 10.5. The van der Waals surface area contributed by atoms with Gasteiger partial charge in [0.1, 0.15) is 0 Å². The highest BCUT2D eigenvalue weighted by atomic mass is 32.1. The maximum atomic E-state index is 5.67. The van der Waals surface area contributed by atoms with Crippen LogP contribution in [-0.2, 0) is 11.3 Å². The quantitative estimate of drug-likeness (QED) is 0.666. The van der Waals surface area contributed by atoms with Crippen molar-refractivity contribution < 1.29 is 4.74 Å². The van der Waals surface area contributed by atoms with Crippen molar-refractivity contribution in [3.8, 4) is 11.3 Å². The summed E-state index contributed by atoms with van der Waals surface area (Å²) in [7, 11) is 0. The van der Waals surface area contributed by atoms with Gasteiger partial charge in [0.25, 0.3) is 0 Å². The Balaban J connectivity index is 1.50. The molecule has 4 heterocycles. The van der Waals surface area contributed by atoms with Crippen LogP contribution in [0.5, 0.6) is 0 Å². The molecule has 1 aliphatic rings. The van der Waals surface area contributed by atoms with Crippen LogP contribution >= 0.6 is 22.7 Å². The average molecular weight is 374 g/mol. The summed E-state index contributed by atoms with van der Waals surface area (Å²) in [5.41, 5.74) is 4.85. The minimum Gasteiger partial charge on any atom is -0.376 e. The molecule has 1 aliphatic heterocycles. The number of aromatic nitrogens is 2. The standard InChI is InChI=1S/C19H23N3OS2/c1-13-9-17(14(2)22(13)11-16-6-4-8-24-16)18-12-25-19(21-18)20-10-15-5-3-7-23-15/h4,6,8-9,12,15H,3,5,7,10-11H2,1-2H3,(H,20,21). The fourth-order valence-electron chi connectivity index (χ4n) is 3.35. The Morgan fingerprint density at radius 3 is 3.04 bits per heavy atom. The van der Waals surface area contributed by atoms with Gasteiger partial charge in [-0.25, -0.2) is 4.98 Å². The molecule has 6 heteroatoms. The first-order valence-electron chi connectivity index (χ1n) is 8.71. The molecular formula is C19H23N3OS2. The van der Waals surface area contributed by atoms with Gasteiger partial charge in [-0.05, 0) is 44.2 Å². The lowest BCUT2D eigenvalue weighted by atomic mass is 10.2. The third-order valence-electron chi connectivity index (χ3n) is 4.75. The van der Waals surface area contributed by atoms with Crippen molar-refractivity contribution in [2.45, 2.75) is 39.3 Å². The molecule has 3 aromatic heterocycles. The summed E-state index contributed by atoms with van der Waals surface area (Å²) in [6.45, 7) is 7.04. The average Bonchev–Trinajstić information content (AvgIpc) is 3.38. The molecule has 0 amide bonds. The van der Waals surface area contributed by atoms with E-state index in [-0.39, 0.29) is 0 Å². The van der Waals surface area contributed by atoms with Crippen LogP contribution in [0.15, 0.2) is 29.0 Å². The van der Waals surface area contributed by atoms with E-state index in [2.05, 4.69) is 52.7 Å². The summed E-state index contributed by atoms with van der Waals surface area (Å²) in [6.07, 6.45) is 2.66. The van der Waals surface area contributed by atoms with Gasteiger partial charge in [0.15, 0.2) is 5.13 Å². The van der Waals surface area contributed by atoms with Gasteiger partial charge >= 0.3 is 0 Å². The number of aryl methyl sites for hydroxylation is 1. The number of nitrogens with zero attached hydrogens (tertiary/aromatic N) is 2. The highest BCUT2D eigenvalue weighted by Gasteiger charge is 2.17. The second-order valence-electron chi connectivity index (χ2n) is 6.50. The van der Waals surface area contributed by atoms with Gasteiger partial charge < -0.3 is 14.6 Å². The highest BCUT2D eigenvalue weighted by Crippen LogP contribution is 2.31. The van der Waals surface area contributed by atoms with Crippen LogP contribution in [0.3, 0.4) is 0 Å². The molecule has 0 saturated carbocycles. The summed E-state index contributed by atoms with van der Waals surface area (Å²) < 4.78 is 8.04. The van der Waals surface area contributed by atoms with E-state index < -0.39 is 0 Å². The van der Waals surface area contributed by atoms with Crippen LogP contribution in [0.2, 0.25) is 0 Å². The van der Waals surface area contributed by atoms with Crippen LogP contribution in [0.25, 0.3) is 11.3 Å². The lowest BCUT2D eigenvalue weighted by Gasteiger charge is -2.09. The second-order valence-corrected chi connectivity index (χ2v) is 8.39. The van der Waals surface area contributed by atoms with Gasteiger partial charge in [-0.15, -0.1) is 22.7 Å². The third kappa shape index (κ3) is 3.66. The fourth-order valence-corrected chi connectivity index (χ4v) is 4.76. The lowest BCUT2D eigenvalue weighted by molar-refractivity contribution is 0.120. The van der Waals surface area contributed by atoms with Gasteiger partial charge in [-0.3, -0.25) is 0 Å². The Morgan fingerprint density at radius 2 is 2.28 bits per heavy atom. The van der Waals surface area contributed by atoms with E-state index in [1.165, 1.54) is 28.2 Å². The van der Waals surface area contributed by atoms with Gasteiger partial charge in [0, 0.05) is 40.4 Å². The summed E-state index contributed by atoms with van der Waals surface area (Å²) in [4.78, 5) is 6.18. The van der Waals surface area contributed by atoms with Crippen LogP contribution in [0.4, 0.5) is 5.13 Å². The second kappa shape index (κ2) is 7.32. The lowest BCUT2D eigenvalue weighted by Crippen LogP contribution is -2.18. The van der Waals surface area contributed by atoms with E-state index in [0.29, 0.717) is 6.10 Å². The number of thiazole rings is 1. The Bertz CT molecular complexity index is 829. The summed E-state index contributed by atoms with van der Waals surface area (Å²) in [5.74, 6) is 0. The molecule has 0 bridgehead atoms. The van der Waals surface area contributed by atoms with Crippen molar-refractivity contribution in [3.05, 3.63) is 45.2 Å². The summed E-state index contributed by atoms with van der Waals surface area (Å²) in [5, 5.41) is 8.70. The van der Waals surface area contributed by atoms with E-state index in [1.54, 1.807) is 22.7 Å². The van der Waals surface area contributed by atoms with Gasteiger partial charge in [-0.1, -0.05) is 6.07 Å². The van der Waals surface area contributed by atoms with Crippen molar-refractivity contribution >= 4 is 27.8 Å². The van der Waals surface area contributed by atoms with Gasteiger partial charge in [-0.2, -0.15) is 0 Å². The molecule has 1 atom stereocenters. The number of anilines is 1. The number of hydrogen-bond acceptors (Lipinski definition) is 5. The minimum atomic E-state index is 0.336. The summed E-state index contributed by atoms with van der Waals surface area (Å²) in [6, 6.07) is 6.56. The Labute approximate surface area is 156 Å². The highest BCUT2D eigenvalue weighted by molar-refractivity contribution is 7.14. The summed E-state index contributed by atoms with van der Waals surface area (Å²) >= 11 is 3.48. The molecule has 1 saturated heterocycles. The molecule has 0 radical (unpaired) electrons. The third-order valence-corrected chi connectivity index (χ3v) is 6.41. The monoisotopic (exact) mass is 373 g/mol. The van der Waals surface area contributed by atoms with Gasteiger partial charge in [0.05, 0.1) is 18.3 Å². The first kappa shape index (κ1) is 16.8. The number of ether oxygens (including phenoxy) is 1. The van der Waals surface area contributed by atoms with E-state index in [1.807, 2.05) is 0 Å². The molecule has 1 N–H and O–H groups in total. The fraction of sp³-hybridized carbons (Fsp3) is 0.421. The molecule has 1 unspecified atom stereocenters. The number of nitrogens with one attached hydrogen (secondary N) is 1. The first-order chi connectivity index (χ1) is 12.2. The number of hydrogen-bond donors (Lipinski definition) is 1. The Kier molecular flexibility index (Phi) is 4.92. The predicted octanol–water partition coefficient (Wildman–Crippen LogP) is 4.93. The van der Waals surface area contributed by atoms with Crippen molar-refractivity contribution in [2.24, 2.45) is 0 Å². The van der Waals surface area contributed by atoms with Crippen LogP contribution in [-0.4, -0.2) is 28.8 Å². The largest absolute Gasteiger partial charge is 0.376 e. The van der Waals surface area contributed by atoms with Crippen molar-refractivity contribution in [1.29, 1.82) is 0 Å². The molecule has 1 fully saturated rings. The Morgan fingerprint density at radius 1 is 1.36 bits per heavy atom. The number of thiophene rings is 1. The van der Waals surface area contributed by atoms with Gasteiger partial charge in [0.2, 0.25) is 0 Å². The van der Waals surface area contributed by atoms with Crippen LogP contribution < -0.4 is 5.32 Å². The molecular weight excluding hydrogens is 350 g/mol. The molecule has 0 spiro atoms. The molecule has 4 rings (SSSR count). The van der Waals surface area contributed by atoms with Crippen molar-refractivity contribution in [1.82, 2.24) is 9.55 Å². The molecule has 25 heavy (non-hydrogen) atoms. The maximum Gasteiger partial charge on any atom is 0.183 e. The minimum absolute atomic E-state index is 0.336. The smallest absolute Gasteiger partial charge is 0.183 e. The van der Waals surface area contributed by atoms with Crippen molar-refractivity contribution in [2.75, 3.05) is 18.5 Å². The van der Waals surface area contributed by atoms with Crippen LogP contribution in [0.1, 0.15) is 29.1 Å². The zero-order valence-corrected chi connectivity index (χ0v) is 16.3. The zero-order chi connectivity index (χ0) is 17.2. The SMILES string of the molecule is Cc1cc(-c2csc(NCC3CCCO3)n2)c(C)n1Cc1cccs1. The molecule has 4 nitrogen and oxygen atoms in total. The predicted molar refractivity (Wildman–Crippen MR) is 106 cm³/mol. The molecule has 0 aliphatic carbocycles. The van der Waals surface area contributed by atoms with Crippen molar-refractivity contribution in [3.63, 3.8) is 0 Å². The van der Waals surface area contributed by atoms with Crippen LogP contribution in [0, 0.1) is 13.8 Å². The molecule has 0 aromatic carbocycles. The number of rotatable bonds is 6. The maximum absolute atomic E-state index is 5.67. The van der Waals surface area contributed by atoms with E-state index in [0.717, 1.165) is 36.9 Å². The molecule has 132 valence electrons. The topological polar surface area (TPSA) is 39.1 Å². The van der Waals surface area contributed by atoms with E-state index in [9.17, 15) is 0 Å². The van der Waals surface area contributed by atoms with E-state index >= 15 is 0 Å². The Hall–Kier alpha value is -1.63.